The Labute approximate surface area is 281 Å². The third kappa shape index (κ3) is 7.09. The number of nitrogens with zero attached hydrogens (tertiary/aromatic N) is 2. The standard InChI is InChI=1S/C26H24B4F4N4O.C6H4ClF/c1-12(15-7-16(25(32,33)34)9-17(31)8-15)36-19-10-20-22(21-13(2)35-11-18(19)21)38(23(4,5)27)14(3)37(20)26(29,30)24(6,28)39;7-5-1-3-6(8)4-2-5/h7-10,35-36,39H,1-3,11H2,4-6H3;1-4H. The van der Waals surface area contributed by atoms with E-state index in [0.717, 1.165) is 12.1 Å². The molecule has 15 heteroatoms. The molecule has 5 nitrogen and oxygen atoms in total. The molecule has 3 aromatic carbocycles. The van der Waals surface area contributed by atoms with Crippen molar-refractivity contribution in [2.75, 3.05) is 15.1 Å². The molecule has 5 rings (SSSR count). The Balaban J connectivity index is 0.000000546. The average Bonchev–Trinajstić information content (AvgIpc) is 3.46. The van der Waals surface area contributed by atoms with Gasteiger partial charge in [0.1, 0.15) is 33.1 Å². The molecule has 3 aromatic rings. The molecular formula is C32H28B4ClF5N4O. The maximum Gasteiger partial charge on any atom is 0.416 e. The van der Waals surface area contributed by atoms with Crippen LogP contribution in [0.3, 0.4) is 0 Å². The highest BCUT2D eigenvalue weighted by Gasteiger charge is 2.49. The normalized spacial score (nSPS) is 15.7. The second-order valence-electron chi connectivity index (χ2n) is 12.0. The fourth-order valence-electron chi connectivity index (χ4n) is 5.22. The molecule has 0 saturated heterocycles. The van der Waals surface area contributed by atoms with Crippen molar-refractivity contribution in [2.24, 2.45) is 0 Å². The molecule has 8 radical (unpaired) electrons. The van der Waals surface area contributed by atoms with Crippen molar-refractivity contribution in [2.45, 2.75) is 49.8 Å². The number of benzene rings is 3. The number of fused-ring (bicyclic) bond motifs is 3. The molecule has 0 amide bonds. The summed E-state index contributed by atoms with van der Waals surface area (Å²) in [5, 5.41) is 15.3. The molecule has 2 aliphatic rings. The van der Waals surface area contributed by atoms with Crippen molar-refractivity contribution in [1.82, 2.24) is 5.32 Å². The molecule has 0 fully saturated rings. The molecule has 1 atom stereocenters. The predicted octanol–water partition coefficient (Wildman–Crippen LogP) is 6.35. The molecule has 0 saturated carbocycles. The second kappa shape index (κ2) is 12.4. The summed E-state index contributed by atoms with van der Waals surface area (Å²) in [6.07, 6.45) is -4.75. The molecule has 0 aliphatic carbocycles. The van der Waals surface area contributed by atoms with Crippen LogP contribution in [0, 0.1) is 11.6 Å². The summed E-state index contributed by atoms with van der Waals surface area (Å²) in [6, 6.07) is 9.43. The van der Waals surface area contributed by atoms with E-state index in [1.807, 2.05) is 0 Å². The summed E-state index contributed by atoms with van der Waals surface area (Å²) in [5.74, 6) is -1.11. The number of alkyl halides is 3. The lowest BCUT2D eigenvalue weighted by atomic mass is 9.46. The van der Waals surface area contributed by atoms with Gasteiger partial charge in [-0.15, -0.1) is 0 Å². The Hall–Kier alpha value is -3.76. The molecule has 3 N–H and O–H groups in total. The Bertz CT molecular complexity index is 1730. The summed E-state index contributed by atoms with van der Waals surface area (Å²) >= 11 is 5.44. The van der Waals surface area contributed by atoms with Gasteiger partial charge in [0, 0.05) is 56.3 Å². The van der Waals surface area contributed by atoms with Crippen molar-refractivity contribution in [1.29, 1.82) is 0 Å². The van der Waals surface area contributed by atoms with Gasteiger partial charge in [-0.25, -0.2) is 8.78 Å². The van der Waals surface area contributed by atoms with E-state index in [2.05, 4.69) is 30.4 Å². The number of aliphatic hydroxyl groups is 1. The number of anilines is 3. The van der Waals surface area contributed by atoms with E-state index in [4.69, 9.17) is 43.0 Å². The molecule has 2 heterocycles. The van der Waals surface area contributed by atoms with E-state index in [9.17, 15) is 27.1 Å². The van der Waals surface area contributed by atoms with E-state index in [1.165, 1.54) is 36.1 Å². The first-order valence-electron chi connectivity index (χ1n) is 14.0. The maximum atomic E-state index is 14.1. The maximum absolute atomic E-state index is 14.1. The zero-order valence-corrected chi connectivity index (χ0v) is 26.6. The highest BCUT2D eigenvalue weighted by atomic mass is 35.5. The third-order valence-corrected chi connectivity index (χ3v) is 7.82. The zero-order valence-electron chi connectivity index (χ0n) is 25.9. The lowest BCUT2D eigenvalue weighted by molar-refractivity contribution is -0.137. The van der Waals surface area contributed by atoms with Crippen molar-refractivity contribution in [3.8, 4) is 0 Å². The fourth-order valence-corrected chi connectivity index (χ4v) is 5.34. The van der Waals surface area contributed by atoms with Gasteiger partial charge in [-0.05, 0) is 60.8 Å². The van der Waals surface area contributed by atoms with Crippen LogP contribution in [0.2, 0.25) is 5.02 Å². The number of nitrogens with one attached hydrogen (secondary N) is 2. The van der Waals surface area contributed by atoms with E-state index in [-0.39, 0.29) is 22.9 Å². The smallest absolute Gasteiger partial charge is 0.399 e. The van der Waals surface area contributed by atoms with Gasteiger partial charge in [-0.2, -0.15) is 13.2 Å². The molecule has 0 spiro atoms. The van der Waals surface area contributed by atoms with Crippen LogP contribution in [0.5, 0.6) is 0 Å². The van der Waals surface area contributed by atoms with Gasteiger partial charge in [-0.3, -0.25) is 0 Å². The lowest BCUT2D eigenvalue weighted by Crippen LogP contribution is -2.65. The van der Waals surface area contributed by atoms with Crippen molar-refractivity contribution in [3.63, 3.8) is 0 Å². The van der Waals surface area contributed by atoms with Gasteiger partial charge in [0.2, 0.25) is 0 Å². The molecule has 47 heavy (non-hydrogen) atoms. The minimum absolute atomic E-state index is 0.00312. The summed E-state index contributed by atoms with van der Waals surface area (Å²) in [4.78, 5) is 3.01. The largest absolute Gasteiger partial charge is 0.416 e. The van der Waals surface area contributed by atoms with E-state index in [1.54, 1.807) is 24.8 Å². The Morgan fingerprint density at radius 1 is 0.936 bits per heavy atom. The summed E-state index contributed by atoms with van der Waals surface area (Å²) in [5.41, 5.74) is -1.39. The van der Waals surface area contributed by atoms with E-state index in [0.29, 0.717) is 51.5 Å². The zero-order chi connectivity index (χ0) is 35.4. The first kappa shape index (κ1) is 36.1. The van der Waals surface area contributed by atoms with Crippen LogP contribution in [-0.2, 0) is 12.7 Å². The SMILES string of the molecule is Fc1ccc(Cl)cc1.[B]C(C)(C)N1C(=C)N(C([B])([B])C([B])(C)O)c2cc(NC(=C)c3cc(F)cc(C(F)(F)F)c3)c3c(c21)C(=C)NC3. The Kier molecular flexibility index (Phi) is 9.49. The first-order valence-corrected chi connectivity index (χ1v) is 14.4. The van der Waals surface area contributed by atoms with Gasteiger partial charge in [-0.1, -0.05) is 45.2 Å². The van der Waals surface area contributed by atoms with Crippen LogP contribution in [-0.4, -0.2) is 52.8 Å². The molecular weight excluding hydrogens is 630 g/mol. The van der Waals surface area contributed by atoms with Crippen LogP contribution in [0.4, 0.5) is 39.0 Å². The molecule has 0 aromatic heterocycles. The van der Waals surface area contributed by atoms with E-state index >= 15 is 0 Å². The predicted molar refractivity (Wildman–Crippen MR) is 182 cm³/mol. The summed E-state index contributed by atoms with van der Waals surface area (Å²) < 4.78 is 66.1. The monoisotopic (exact) mass is 658 g/mol. The van der Waals surface area contributed by atoms with Crippen molar-refractivity contribution in [3.05, 3.63) is 113 Å². The quantitative estimate of drug-likeness (QED) is 0.213. The first-order chi connectivity index (χ1) is 21.4. The molecule has 1 unspecified atom stereocenters. The lowest BCUT2D eigenvalue weighted by Gasteiger charge is -2.49. The van der Waals surface area contributed by atoms with Crippen molar-refractivity contribution >= 4 is 71.4 Å². The van der Waals surface area contributed by atoms with Crippen LogP contribution in [0.1, 0.15) is 43.0 Å². The fraction of sp³-hybridized carbons (Fsp3) is 0.250. The van der Waals surface area contributed by atoms with Gasteiger partial charge < -0.3 is 25.5 Å². The number of rotatable bonds is 6. The highest BCUT2D eigenvalue weighted by molar-refractivity contribution is 6.47. The molecule has 236 valence electrons. The summed E-state index contributed by atoms with van der Waals surface area (Å²) in [7, 11) is 25.2. The number of hydrogen-bond donors (Lipinski definition) is 3. The molecule has 0 bridgehead atoms. The average molecular weight is 658 g/mol. The summed E-state index contributed by atoms with van der Waals surface area (Å²) in [6.45, 7) is 17.0. The van der Waals surface area contributed by atoms with Gasteiger partial charge in [0.15, 0.2) is 0 Å². The number of hydrogen-bond acceptors (Lipinski definition) is 5. The Morgan fingerprint density at radius 3 is 2.04 bits per heavy atom. The topological polar surface area (TPSA) is 50.8 Å². The highest BCUT2D eigenvalue weighted by Crippen LogP contribution is 2.55. The third-order valence-electron chi connectivity index (χ3n) is 7.57. The van der Waals surface area contributed by atoms with Crippen LogP contribution >= 0.6 is 11.6 Å². The number of halogens is 6. The van der Waals surface area contributed by atoms with E-state index < -0.39 is 33.8 Å². The van der Waals surface area contributed by atoms with Gasteiger partial charge >= 0.3 is 6.18 Å². The molecule has 2 aliphatic heterocycles. The minimum atomic E-state index is -4.75. The second-order valence-corrected chi connectivity index (χ2v) is 12.4. The van der Waals surface area contributed by atoms with Gasteiger partial charge in [0.05, 0.1) is 32.6 Å². The van der Waals surface area contributed by atoms with Crippen LogP contribution in [0.25, 0.3) is 11.4 Å². The Morgan fingerprint density at radius 2 is 1.53 bits per heavy atom. The van der Waals surface area contributed by atoms with Crippen LogP contribution in [0.15, 0.2) is 74.1 Å². The van der Waals surface area contributed by atoms with Gasteiger partial charge in [0.25, 0.3) is 0 Å². The minimum Gasteiger partial charge on any atom is -0.399 e. The van der Waals surface area contributed by atoms with Crippen LogP contribution < -0.4 is 20.4 Å². The van der Waals surface area contributed by atoms with Crippen molar-refractivity contribution < 1.29 is 27.1 Å².